The maximum atomic E-state index is 6.21. The summed E-state index contributed by atoms with van der Waals surface area (Å²) in [5.74, 6) is 0.725. The standard InChI is InChI=1S/C9H17N5/c1-2-7-14-12-8(11-13-14)9(10)5-3-4-6-9/h2-7,10H2,1H3. The molecule has 1 fully saturated rings. The molecule has 1 aromatic rings. The van der Waals surface area contributed by atoms with Crippen LogP contribution in [0.5, 0.6) is 0 Å². The second-order valence-corrected chi connectivity index (χ2v) is 4.07. The molecule has 0 unspecified atom stereocenters. The maximum Gasteiger partial charge on any atom is 0.194 e. The number of tetrazole rings is 1. The van der Waals surface area contributed by atoms with Crippen LogP contribution in [-0.2, 0) is 12.1 Å². The van der Waals surface area contributed by atoms with Crippen molar-refractivity contribution in [1.29, 1.82) is 0 Å². The fourth-order valence-corrected chi connectivity index (χ4v) is 1.97. The Balaban J connectivity index is 2.15. The van der Waals surface area contributed by atoms with Crippen LogP contribution >= 0.6 is 0 Å². The molecule has 14 heavy (non-hydrogen) atoms. The van der Waals surface area contributed by atoms with Crippen molar-refractivity contribution in [1.82, 2.24) is 20.2 Å². The Morgan fingerprint density at radius 1 is 1.43 bits per heavy atom. The summed E-state index contributed by atoms with van der Waals surface area (Å²) >= 11 is 0. The SMILES string of the molecule is CCCn1nnc(C2(N)CCCC2)n1. The van der Waals surface area contributed by atoms with Crippen LogP contribution in [0.25, 0.3) is 0 Å². The third-order valence-electron chi connectivity index (χ3n) is 2.82. The molecule has 0 spiro atoms. The molecule has 1 aromatic heterocycles. The average molecular weight is 195 g/mol. The van der Waals surface area contributed by atoms with E-state index in [1.54, 1.807) is 4.80 Å². The van der Waals surface area contributed by atoms with Gasteiger partial charge in [-0.05, 0) is 24.5 Å². The van der Waals surface area contributed by atoms with Crippen molar-refractivity contribution in [2.75, 3.05) is 0 Å². The lowest BCUT2D eigenvalue weighted by molar-refractivity contribution is 0.425. The van der Waals surface area contributed by atoms with E-state index in [-0.39, 0.29) is 5.54 Å². The highest BCUT2D eigenvalue weighted by Gasteiger charge is 2.35. The van der Waals surface area contributed by atoms with Crippen molar-refractivity contribution in [3.05, 3.63) is 5.82 Å². The highest BCUT2D eigenvalue weighted by Crippen LogP contribution is 2.33. The van der Waals surface area contributed by atoms with E-state index in [9.17, 15) is 0 Å². The van der Waals surface area contributed by atoms with Crippen LogP contribution in [0.4, 0.5) is 0 Å². The first-order valence-electron chi connectivity index (χ1n) is 5.32. The lowest BCUT2D eigenvalue weighted by atomic mass is 9.99. The van der Waals surface area contributed by atoms with E-state index in [4.69, 9.17) is 5.73 Å². The van der Waals surface area contributed by atoms with Crippen molar-refractivity contribution >= 4 is 0 Å². The minimum atomic E-state index is -0.300. The van der Waals surface area contributed by atoms with Gasteiger partial charge in [-0.3, -0.25) is 0 Å². The number of hydrogen-bond donors (Lipinski definition) is 1. The third-order valence-corrected chi connectivity index (χ3v) is 2.82. The zero-order valence-corrected chi connectivity index (χ0v) is 8.61. The predicted molar refractivity (Wildman–Crippen MR) is 52.4 cm³/mol. The summed E-state index contributed by atoms with van der Waals surface area (Å²) < 4.78 is 0. The lowest BCUT2D eigenvalue weighted by Gasteiger charge is -2.17. The minimum absolute atomic E-state index is 0.300. The number of aryl methyl sites for hydroxylation is 1. The molecule has 0 atom stereocenters. The highest BCUT2D eigenvalue weighted by atomic mass is 15.6. The summed E-state index contributed by atoms with van der Waals surface area (Å²) in [5, 5.41) is 12.4. The van der Waals surface area contributed by atoms with Gasteiger partial charge in [0.1, 0.15) is 0 Å². The molecule has 0 aromatic carbocycles. The molecule has 0 aliphatic heterocycles. The second kappa shape index (κ2) is 3.65. The zero-order chi connectivity index (χ0) is 10.0. The van der Waals surface area contributed by atoms with Gasteiger partial charge < -0.3 is 5.73 Å². The fraction of sp³-hybridized carbons (Fsp3) is 0.889. The lowest BCUT2D eigenvalue weighted by Crippen LogP contribution is -2.34. The van der Waals surface area contributed by atoms with E-state index in [1.165, 1.54) is 12.8 Å². The Labute approximate surface area is 83.7 Å². The van der Waals surface area contributed by atoms with Crippen molar-refractivity contribution < 1.29 is 0 Å². The molecule has 1 saturated carbocycles. The van der Waals surface area contributed by atoms with Gasteiger partial charge >= 0.3 is 0 Å². The Bertz CT molecular complexity index is 300. The van der Waals surface area contributed by atoms with Gasteiger partial charge in [-0.1, -0.05) is 19.8 Å². The molecular formula is C9H17N5. The van der Waals surface area contributed by atoms with Crippen LogP contribution in [0.3, 0.4) is 0 Å². The molecule has 5 heteroatoms. The van der Waals surface area contributed by atoms with E-state index >= 15 is 0 Å². The average Bonchev–Trinajstić information content (AvgIpc) is 2.75. The topological polar surface area (TPSA) is 69.6 Å². The molecular weight excluding hydrogens is 178 g/mol. The Morgan fingerprint density at radius 3 is 2.79 bits per heavy atom. The van der Waals surface area contributed by atoms with E-state index in [1.807, 2.05) is 0 Å². The van der Waals surface area contributed by atoms with Crippen molar-refractivity contribution in [2.24, 2.45) is 5.73 Å². The van der Waals surface area contributed by atoms with Crippen molar-refractivity contribution in [3.63, 3.8) is 0 Å². The molecule has 0 saturated heterocycles. The normalized spacial score (nSPS) is 20.1. The quantitative estimate of drug-likeness (QED) is 0.775. The van der Waals surface area contributed by atoms with Gasteiger partial charge in [0.25, 0.3) is 0 Å². The summed E-state index contributed by atoms with van der Waals surface area (Å²) in [6.07, 6.45) is 5.36. The minimum Gasteiger partial charge on any atom is -0.319 e. The summed E-state index contributed by atoms with van der Waals surface area (Å²) in [6.45, 7) is 2.92. The van der Waals surface area contributed by atoms with Crippen LogP contribution in [0, 0.1) is 0 Å². The molecule has 2 rings (SSSR count). The third kappa shape index (κ3) is 1.64. The van der Waals surface area contributed by atoms with Gasteiger partial charge in [-0.15, -0.1) is 10.2 Å². The molecule has 0 radical (unpaired) electrons. The smallest absolute Gasteiger partial charge is 0.194 e. The number of rotatable bonds is 3. The summed E-state index contributed by atoms with van der Waals surface area (Å²) in [6, 6.07) is 0. The fourth-order valence-electron chi connectivity index (χ4n) is 1.97. The number of nitrogens with zero attached hydrogens (tertiary/aromatic N) is 4. The Morgan fingerprint density at radius 2 is 2.14 bits per heavy atom. The first-order valence-corrected chi connectivity index (χ1v) is 5.32. The van der Waals surface area contributed by atoms with Crippen LogP contribution < -0.4 is 5.73 Å². The molecule has 1 heterocycles. The van der Waals surface area contributed by atoms with Crippen LogP contribution in [0.15, 0.2) is 0 Å². The van der Waals surface area contributed by atoms with Gasteiger partial charge in [0.15, 0.2) is 5.82 Å². The molecule has 0 bridgehead atoms. The first-order chi connectivity index (χ1) is 6.74. The first kappa shape index (κ1) is 9.58. The maximum absolute atomic E-state index is 6.21. The van der Waals surface area contributed by atoms with E-state index < -0.39 is 0 Å². The molecule has 5 nitrogen and oxygen atoms in total. The molecule has 1 aliphatic rings. The summed E-state index contributed by atoms with van der Waals surface area (Å²) in [5.41, 5.74) is 5.91. The van der Waals surface area contributed by atoms with Gasteiger partial charge in [-0.2, -0.15) is 4.80 Å². The second-order valence-electron chi connectivity index (χ2n) is 4.07. The van der Waals surface area contributed by atoms with Gasteiger partial charge in [0.05, 0.1) is 12.1 Å². The summed E-state index contributed by atoms with van der Waals surface area (Å²) in [4.78, 5) is 1.64. The zero-order valence-electron chi connectivity index (χ0n) is 8.61. The predicted octanol–water partition coefficient (Wildman–Crippen LogP) is 0.811. The molecule has 0 amide bonds. The van der Waals surface area contributed by atoms with Gasteiger partial charge in [-0.25, -0.2) is 0 Å². The van der Waals surface area contributed by atoms with Crippen LogP contribution in [0.1, 0.15) is 44.9 Å². The molecule has 2 N–H and O–H groups in total. The number of aromatic nitrogens is 4. The molecule has 1 aliphatic carbocycles. The number of nitrogens with two attached hydrogens (primary N) is 1. The number of hydrogen-bond acceptors (Lipinski definition) is 4. The van der Waals surface area contributed by atoms with Crippen molar-refractivity contribution in [2.45, 2.75) is 51.1 Å². The van der Waals surface area contributed by atoms with E-state index in [0.717, 1.165) is 31.6 Å². The monoisotopic (exact) mass is 195 g/mol. The molecule has 78 valence electrons. The Hall–Kier alpha value is -0.970. The van der Waals surface area contributed by atoms with Crippen LogP contribution in [0.2, 0.25) is 0 Å². The largest absolute Gasteiger partial charge is 0.319 e. The Kier molecular flexibility index (Phi) is 2.50. The van der Waals surface area contributed by atoms with Gasteiger partial charge in [0.2, 0.25) is 0 Å². The van der Waals surface area contributed by atoms with Crippen molar-refractivity contribution in [3.8, 4) is 0 Å². The highest BCUT2D eigenvalue weighted by molar-refractivity contribution is 5.04. The van der Waals surface area contributed by atoms with Crippen LogP contribution in [-0.4, -0.2) is 20.2 Å². The van der Waals surface area contributed by atoms with E-state index in [0.29, 0.717) is 0 Å². The van der Waals surface area contributed by atoms with Gasteiger partial charge in [0, 0.05) is 0 Å². The summed E-state index contributed by atoms with van der Waals surface area (Å²) in [7, 11) is 0. The van der Waals surface area contributed by atoms with E-state index in [2.05, 4.69) is 22.3 Å².